The van der Waals surface area contributed by atoms with E-state index in [1.807, 2.05) is 0 Å². The van der Waals surface area contributed by atoms with Crippen LogP contribution in [0.5, 0.6) is 0 Å². The standard InChI is InChI=1S/C19H40/c1-6-9-10-11-12-13-14-16-18(15-7-2)19(8-3)17(4)5/h17-19H,6-16H2,1-5H3. The molecule has 19 heavy (non-hydrogen) atoms. The second-order valence-corrected chi connectivity index (χ2v) is 6.77. The Morgan fingerprint density at radius 1 is 0.632 bits per heavy atom. The van der Waals surface area contributed by atoms with Gasteiger partial charge in [0.05, 0.1) is 0 Å². The first-order chi connectivity index (χ1) is 9.17. The third kappa shape index (κ3) is 9.52. The summed E-state index contributed by atoms with van der Waals surface area (Å²) >= 11 is 0. The van der Waals surface area contributed by atoms with Crippen molar-refractivity contribution in [1.29, 1.82) is 0 Å². The summed E-state index contributed by atoms with van der Waals surface area (Å²) in [6.45, 7) is 11.9. The number of unbranched alkanes of at least 4 members (excludes halogenated alkanes) is 6. The summed E-state index contributed by atoms with van der Waals surface area (Å²) < 4.78 is 0. The molecule has 0 spiro atoms. The highest BCUT2D eigenvalue weighted by Crippen LogP contribution is 2.32. The molecule has 0 heteroatoms. The second-order valence-electron chi connectivity index (χ2n) is 6.77. The zero-order valence-corrected chi connectivity index (χ0v) is 14.5. The van der Waals surface area contributed by atoms with Crippen molar-refractivity contribution in [1.82, 2.24) is 0 Å². The maximum Gasteiger partial charge on any atom is -0.0365 e. The van der Waals surface area contributed by atoms with E-state index in [1.54, 1.807) is 0 Å². The van der Waals surface area contributed by atoms with E-state index in [0.717, 1.165) is 17.8 Å². The van der Waals surface area contributed by atoms with Gasteiger partial charge in [0.15, 0.2) is 0 Å². The second kappa shape index (κ2) is 13.0. The number of rotatable bonds is 13. The van der Waals surface area contributed by atoms with Crippen LogP contribution in [0, 0.1) is 17.8 Å². The van der Waals surface area contributed by atoms with Gasteiger partial charge < -0.3 is 0 Å². The van der Waals surface area contributed by atoms with Gasteiger partial charge in [-0.1, -0.05) is 105 Å². The van der Waals surface area contributed by atoms with Gasteiger partial charge in [0, 0.05) is 0 Å². The minimum absolute atomic E-state index is 0.867. The molecule has 0 aromatic rings. The summed E-state index contributed by atoms with van der Waals surface area (Å²) in [4.78, 5) is 0. The van der Waals surface area contributed by atoms with E-state index in [2.05, 4.69) is 34.6 Å². The Hall–Kier alpha value is 0. The van der Waals surface area contributed by atoms with Gasteiger partial charge in [-0.05, 0) is 17.8 Å². The molecule has 0 saturated heterocycles. The molecule has 2 atom stereocenters. The van der Waals surface area contributed by atoms with Crippen LogP contribution in [0.3, 0.4) is 0 Å². The average Bonchev–Trinajstić information content (AvgIpc) is 2.38. The summed E-state index contributed by atoms with van der Waals surface area (Å²) in [5.41, 5.74) is 0. The van der Waals surface area contributed by atoms with Gasteiger partial charge >= 0.3 is 0 Å². The third-order valence-corrected chi connectivity index (χ3v) is 4.77. The SMILES string of the molecule is CCCCCCCCCC(CCC)C(CC)C(C)C. The molecule has 0 heterocycles. The monoisotopic (exact) mass is 268 g/mol. The number of hydrogen-bond acceptors (Lipinski definition) is 0. The van der Waals surface area contributed by atoms with Gasteiger partial charge in [0.2, 0.25) is 0 Å². The van der Waals surface area contributed by atoms with Crippen LogP contribution in [-0.2, 0) is 0 Å². The third-order valence-electron chi connectivity index (χ3n) is 4.77. The molecule has 0 aliphatic carbocycles. The molecule has 0 aliphatic rings. The molecule has 0 rings (SSSR count). The van der Waals surface area contributed by atoms with E-state index in [0.29, 0.717) is 0 Å². The summed E-state index contributed by atoms with van der Waals surface area (Å²) in [6, 6.07) is 0. The van der Waals surface area contributed by atoms with Crippen LogP contribution in [0.4, 0.5) is 0 Å². The van der Waals surface area contributed by atoms with E-state index >= 15 is 0 Å². The predicted molar refractivity (Wildman–Crippen MR) is 89.6 cm³/mol. The van der Waals surface area contributed by atoms with Crippen molar-refractivity contribution in [3.05, 3.63) is 0 Å². The highest BCUT2D eigenvalue weighted by Gasteiger charge is 2.21. The van der Waals surface area contributed by atoms with Crippen LogP contribution < -0.4 is 0 Å². The first-order valence-corrected chi connectivity index (χ1v) is 9.17. The van der Waals surface area contributed by atoms with Gasteiger partial charge in [0.1, 0.15) is 0 Å². The van der Waals surface area contributed by atoms with Crippen LogP contribution >= 0.6 is 0 Å². The average molecular weight is 269 g/mol. The molecule has 0 fully saturated rings. The maximum absolute atomic E-state index is 2.42. The Morgan fingerprint density at radius 2 is 1.21 bits per heavy atom. The zero-order chi connectivity index (χ0) is 14.5. The Balaban J connectivity index is 3.81. The molecule has 0 aromatic carbocycles. The lowest BCUT2D eigenvalue weighted by atomic mass is 9.76. The summed E-state index contributed by atoms with van der Waals surface area (Å²) in [5, 5.41) is 0. The van der Waals surface area contributed by atoms with Crippen LogP contribution in [-0.4, -0.2) is 0 Å². The summed E-state index contributed by atoms with van der Waals surface area (Å²) in [7, 11) is 0. The highest BCUT2D eigenvalue weighted by atomic mass is 14.3. The molecule has 2 unspecified atom stereocenters. The predicted octanol–water partition coefficient (Wildman–Crippen LogP) is 7.23. The molecule has 0 nitrogen and oxygen atoms in total. The smallest absolute Gasteiger partial charge is 0.0365 e. The Kier molecular flexibility index (Phi) is 13.0. The largest absolute Gasteiger partial charge is 0.0654 e. The van der Waals surface area contributed by atoms with Crippen molar-refractivity contribution in [2.24, 2.45) is 17.8 Å². The van der Waals surface area contributed by atoms with Crippen molar-refractivity contribution >= 4 is 0 Å². The lowest BCUT2D eigenvalue weighted by molar-refractivity contribution is 0.213. The zero-order valence-electron chi connectivity index (χ0n) is 14.5. The molecule has 116 valence electrons. The van der Waals surface area contributed by atoms with Crippen molar-refractivity contribution in [2.45, 2.75) is 105 Å². The fraction of sp³-hybridized carbons (Fsp3) is 1.00. The fourth-order valence-corrected chi connectivity index (χ4v) is 3.66. The van der Waals surface area contributed by atoms with Crippen molar-refractivity contribution in [3.63, 3.8) is 0 Å². The van der Waals surface area contributed by atoms with Crippen LogP contribution in [0.25, 0.3) is 0 Å². The first-order valence-electron chi connectivity index (χ1n) is 9.17. The molecular formula is C19H40. The molecular weight excluding hydrogens is 228 g/mol. The minimum Gasteiger partial charge on any atom is -0.0654 e. The molecule has 0 amide bonds. The van der Waals surface area contributed by atoms with Gasteiger partial charge in [0.25, 0.3) is 0 Å². The topological polar surface area (TPSA) is 0 Å². The van der Waals surface area contributed by atoms with E-state index < -0.39 is 0 Å². The molecule has 0 aliphatic heterocycles. The maximum atomic E-state index is 2.42. The Bertz CT molecular complexity index is 171. The van der Waals surface area contributed by atoms with Gasteiger partial charge in [-0.3, -0.25) is 0 Å². The number of hydrogen-bond donors (Lipinski definition) is 0. The first kappa shape index (κ1) is 19.0. The minimum atomic E-state index is 0.867. The van der Waals surface area contributed by atoms with Crippen molar-refractivity contribution < 1.29 is 0 Å². The van der Waals surface area contributed by atoms with E-state index in [-0.39, 0.29) is 0 Å². The molecule has 0 bridgehead atoms. The Morgan fingerprint density at radius 3 is 1.68 bits per heavy atom. The van der Waals surface area contributed by atoms with Gasteiger partial charge in [-0.2, -0.15) is 0 Å². The van der Waals surface area contributed by atoms with E-state index in [9.17, 15) is 0 Å². The van der Waals surface area contributed by atoms with Crippen molar-refractivity contribution in [3.8, 4) is 0 Å². The normalized spacial score (nSPS) is 14.8. The molecule has 0 N–H and O–H groups in total. The van der Waals surface area contributed by atoms with E-state index in [4.69, 9.17) is 0 Å². The van der Waals surface area contributed by atoms with E-state index in [1.165, 1.54) is 70.6 Å². The van der Waals surface area contributed by atoms with Crippen molar-refractivity contribution in [2.75, 3.05) is 0 Å². The van der Waals surface area contributed by atoms with Gasteiger partial charge in [-0.15, -0.1) is 0 Å². The molecule has 0 aromatic heterocycles. The molecule has 0 radical (unpaired) electrons. The van der Waals surface area contributed by atoms with Crippen LogP contribution in [0.15, 0.2) is 0 Å². The fourth-order valence-electron chi connectivity index (χ4n) is 3.66. The Labute approximate surface area is 123 Å². The van der Waals surface area contributed by atoms with Crippen LogP contribution in [0.2, 0.25) is 0 Å². The quantitative estimate of drug-likeness (QED) is 0.309. The summed E-state index contributed by atoms with van der Waals surface area (Å²) in [5.74, 6) is 2.82. The lowest BCUT2D eigenvalue weighted by Gasteiger charge is -2.29. The summed E-state index contributed by atoms with van der Waals surface area (Å²) in [6.07, 6.45) is 15.8. The molecule has 0 saturated carbocycles. The highest BCUT2D eigenvalue weighted by molar-refractivity contribution is 4.72. The van der Waals surface area contributed by atoms with Gasteiger partial charge in [-0.25, -0.2) is 0 Å². The van der Waals surface area contributed by atoms with Crippen LogP contribution in [0.1, 0.15) is 105 Å². The lowest BCUT2D eigenvalue weighted by Crippen LogP contribution is -2.19.